The zero-order valence-electron chi connectivity index (χ0n) is 24.9. The molecule has 12 heteroatoms. The maximum atomic E-state index is 12.5. The first-order valence-electron chi connectivity index (χ1n) is 13.9. The number of anilines is 2. The Hall–Kier alpha value is -4.29. The van der Waals surface area contributed by atoms with E-state index in [-0.39, 0.29) is 5.91 Å². The molecule has 1 aliphatic heterocycles. The Labute approximate surface area is 247 Å². The molecular formula is C30H44N6O6. The number of benzene rings is 2. The number of nitrogens with zero attached hydrogens (tertiary/aromatic N) is 1. The Bertz CT molecular complexity index is 1160. The fourth-order valence-corrected chi connectivity index (χ4v) is 4.15. The predicted molar refractivity (Wildman–Crippen MR) is 164 cm³/mol. The second kappa shape index (κ2) is 20.6. The Morgan fingerprint density at radius 1 is 1.12 bits per heavy atom. The molecule has 1 unspecified atom stereocenters. The van der Waals surface area contributed by atoms with Gasteiger partial charge in [-0.2, -0.15) is 0 Å². The zero-order chi connectivity index (χ0) is 31.3. The third-order valence-corrected chi connectivity index (χ3v) is 6.33. The van der Waals surface area contributed by atoms with E-state index >= 15 is 0 Å². The van der Waals surface area contributed by atoms with Crippen LogP contribution in [-0.2, 0) is 20.9 Å². The second-order valence-electron chi connectivity index (χ2n) is 9.23. The van der Waals surface area contributed by atoms with Crippen LogP contribution in [0.4, 0.5) is 11.4 Å². The number of fused-ring (bicyclic) bond motifs is 1. The molecule has 0 aromatic heterocycles. The molecule has 2 aromatic carbocycles. The zero-order valence-corrected chi connectivity index (χ0v) is 24.9. The molecule has 0 saturated heterocycles. The number of ether oxygens (including phenoxy) is 1. The van der Waals surface area contributed by atoms with E-state index in [9.17, 15) is 24.0 Å². The third kappa shape index (κ3) is 11.3. The van der Waals surface area contributed by atoms with Crippen LogP contribution in [0, 0.1) is 0 Å². The lowest BCUT2D eigenvalue weighted by atomic mass is 10.1. The highest BCUT2D eigenvalue weighted by atomic mass is 16.5. The molecule has 0 bridgehead atoms. The van der Waals surface area contributed by atoms with Crippen molar-refractivity contribution >= 4 is 42.2 Å². The molecule has 0 fully saturated rings. The van der Waals surface area contributed by atoms with Gasteiger partial charge in [0.2, 0.25) is 12.3 Å². The summed E-state index contributed by atoms with van der Waals surface area (Å²) in [5, 5.41) is 11.4. The molecule has 6 N–H and O–H groups in total. The normalized spacial score (nSPS) is 12.0. The number of imide groups is 1. The number of rotatable bonds is 15. The molecule has 1 atom stereocenters. The van der Waals surface area contributed by atoms with E-state index in [0.29, 0.717) is 48.4 Å². The number of amides is 3. The summed E-state index contributed by atoms with van der Waals surface area (Å²) >= 11 is 0. The number of carbonyl (C=O) groups excluding carboxylic acids is 5. The summed E-state index contributed by atoms with van der Waals surface area (Å²) < 4.78 is 4.90. The number of nitrogen functional groups attached to an aromatic ring is 1. The van der Waals surface area contributed by atoms with E-state index in [4.69, 9.17) is 10.5 Å². The Balaban J connectivity index is 0.000000354. The van der Waals surface area contributed by atoms with Gasteiger partial charge in [-0.05, 0) is 56.8 Å². The van der Waals surface area contributed by atoms with Crippen LogP contribution in [0.5, 0.6) is 5.75 Å². The average Bonchev–Trinajstić information content (AvgIpc) is 3.34. The van der Waals surface area contributed by atoms with E-state index in [1.165, 1.54) is 12.0 Å². The van der Waals surface area contributed by atoms with Crippen molar-refractivity contribution in [2.75, 3.05) is 51.9 Å². The number of hydrogen-bond donors (Lipinski definition) is 5. The molecular weight excluding hydrogens is 540 g/mol. The molecule has 0 radical (unpaired) electrons. The molecule has 1 heterocycles. The van der Waals surface area contributed by atoms with Crippen LogP contribution in [0.2, 0.25) is 0 Å². The molecule has 3 rings (SSSR count). The van der Waals surface area contributed by atoms with Crippen molar-refractivity contribution in [3.63, 3.8) is 0 Å². The van der Waals surface area contributed by atoms with Crippen molar-refractivity contribution in [2.45, 2.75) is 45.2 Å². The molecule has 230 valence electrons. The number of hydrogen-bond acceptors (Lipinski definition) is 10. The van der Waals surface area contributed by atoms with Crippen molar-refractivity contribution in [1.29, 1.82) is 0 Å². The molecule has 3 amide bonds. The van der Waals surface area contributed by atoms with Gasteiger partial charge in [0.25, 0.3) is 5.91 Å². The Morgan fingerprint density at radius 3 is 2.48 bits per heavy atom. The summed E-state index contributed by atoms with van der Waals surface area (Å²) in [7, 11) is 5.23. The fraction of sp³-hybridized carbons (Fsp3) is 0.433. The molecule has 1 aliphatic rings. The van der Waals surface area contributed by atoms with Crippen LogP contribution in [0.1, 0.15) is 58.9 Å². The monoisotopic (exact) mass is 584 g/mol. The average molecular weight is 585 g/mol. The first-order valence-corrected chi connectivity index (χ1v) is 13.9. The quantitative estimate of drug-likeness (QED) is 0.118. The summed E-state index contributed by atoms with van der Waals surface area (Å²) in [4.78, 5) is 56.7. The number of likely N-dealkylation sites (N-methyl/N-ethyl adjacent to an activating group) is 1. The molecule has 12 nitrogen and oxygen atoms in total. The number of unbranched alkanes of at least 4 members (excludes halogenated alkanes) is 1. The highest BCUT2D eigenvalue weighted by Gasteiger charge is 2.36. The molecule has 0 spiro atoms. The van der Waals surface area contributed by atoms with Crippen molar-refractivity contribution in [2.24, 2.45) is 0 Å². The third-order valence-electron chi connectivity index (χ3n) is 6.33. The molecule has 0 saturated carbocycles. The van der Waals surface area contributed by atoms with Crippen molar-refractivity contribution in [3.05, 3.63) is 53.1 Å². The van der Waals surface area contributed by atoms with Crippen LogP contribution < -0.4 is 31.7 Å². The first kappa shape index (κ1) is 35.7. The van der Waals surface area contributed by atoms with Crippen molar-refractivity contribution < 1.29 is 28.7 Å². The lowest BCUT2D eigenvalue weighted by Crippen LogP contribution is -2.46. The summed E-state index contributed by atoms with van der Waals surface area (Å²) in [6, 6.07) is 9.74. The summed E-state index contributed by atoms with van der Waals surface area (Å²) in [5.41, 5.74) is 9.01. The van der Waals surface area contributed by atoms with Crippen molar-refractivity contribution in [1.82, 2.24) is 20.9 Å². The van der Waals surface area contributed by atoms with Gasteiger partial charge in [-0.1, -0.05) is 19.4 Å². The van der Waals surface area contributed by atoms with Gasteiger partial charge in [-0.15, -0.1) is 0 Å². The Morgan fingerprint density at radius 2 is 1.88 bits per heavy atom. The highest BCUT2D eigenvalue weighted by Crippen LogP contribution is 2.31. The second-order valence-corrected chi connectivity index (χ2v) is 9.23. The van der Waals surface area contributed by atoms with Crippen LogP contribution in [0.25, 0.3) is 0 Å². The summed E-state index contributed by atoms with van der Waals surface area (Å²) in [5.74, 6) is -0.0600. The van der Waals surface area contributed by atoms with Gasteiger partial charge in [0.15, 0.2) is 0 Å². The standard InChI is InChI=1S/C15H19N3O3.C8H9NO2.C7H16N2O/c1-3-5-13(14(20)17-9-19)18-8-11-10(15(18)21)6-4-7-12(11)16-2;1-11-8-4-6(5-10)2-3-7(8)9;1-8-5-6-9-4-2-3-7-10/h4,6-7,9,13,16H,3,5,8H2,1-2H3,(H,17,19,20);2-5H,9H2,1H3;7-9H,2-6H2,1H3. The number of nitrogens with one attached hydrogen (secondary N) is 4. The Kier molecular flexibility index (Phi) is 17.5. The fourth-order valence-electron chi connectivity index (χ4n) is 4.15. The van der Waals surface area contributed by atoms with Crippen LogP contribution in [-0.4, -0.2) is 82.6 Å². The minimum absolute atomic E-state index is 0.165. The first-order chi connectivity index (χ1) is 20.3. The predicted octanol–water partition coefficient (Wildman–Crippen LogP) is 1.99. The number of aldehydes is 2. The molecule has 42 heavy (non-hydrogen) atoms. The van der Waals surface area contributed by atoms with Gasteiger partial charge >= 0.3 is 0 Å². The smallest absolute Gasteiger partial charge is 0.255 e. The van der Waals surface area contributed by atoms with Gasteiger partial charge in [0, 0.05) is 55.5 Å². The van der Waals surface area contributed by atoms with Gasteiger partial charge in [0.05, 0.1) is 12.8 Å². The number of methoxy groups -OCH3 is 1. The van der Waals surface area contributed by atoms with Crippen molar-refractivity contribution in [3.8, 4) is 5.75 Å². The highest BCUT2D eigenvalue weighted by molar-refractivity contribution is 6.03. The molecule has 0 aliphatic carbocycles. The summed E-state index contributed by atoms with van der Waals surface area (Å²) in [6.45, 7) is 5.23. The maximum Gasteiger partial charge on any atom is 0.255 e. The van der Waals surface area contributed by atoms with Crippen LogP contribution >= 0.6 is 0 Å². The lowest BCUT2D eigenvalue weighted by Gasteiger charge is -2.25. The minimum atomic E-state index is -0.621. The maximum absolute atomic E-state index is 12.5. The number of carbonyl (C=O) groups is 5. The van der Waals surface area contributed by atoms with E-state index in [1.54, 1.807) is 31.3 Å². The van der Waals surface area contributed by atoms with Crippen LogP contribution in [0.15, 0.2) is 36.4 Å². The summed E-state index contributed by atoms with van der Waals surface area (Å²) in [6.07, 6.45) is 4.96. The van der Waals surface area contributed by atoms with Gasteiger partial charge < -0.3 is 36.1 Å². The number of nitrogens with two attached hydrogens (primary N) is 1. The van der Waals surface area contributed by atoms with Crippen LogP contribution in [0.3, 0.4) is 0 Å². The van der Waals surface area contributed by atoms with Gasteiger partial charge in [-0.25, -0.2) is 0 Å². The van der Waals surface area contributed by atoms with Gasteiger partial charge in [-0.3, -0.25) is 24.5 Å². The van der Waals surface area contributed by atoms with E-state index < -0.39 is 11.9 Å². The van der Waals surface area contributed by atoms with E-state index in [0.717, 1.165) is 56.3 Å². The van der Waals surface area contributed by atoms with Gasteiger partial charge in [0.1, 0.15) is 24.4 Å². The SMILES string of the molecule is CCCC(C(=O)NC=O)N1Cc2c(NC)cccc2C1=O.CNCCNCCCC=O.COc1cc(C=O)ccc1N. The topological polar surface area (TPSA) is 172 Å². The largest absolute Gasteiger partial charge is 0.495 e. The molecule has 2 aromatic rings. The van der Waals surface area contributed by atoms with E-state index in [1.807, 2.05) is 26.1 Å². The van der Waals surface area contributed by atoms with E-state index in [2.05, 4.69) is 21.3 Å². The minimum Gasteiger partial charge on any atom is -0.495 e. The lowest BCUT2D eigenvalue weighted by molar-refractivity contribution is -0.129.